The predicted octanol–water partition coefficient (Wildman–Crippen LogP) is 3.19. The minimum atomic E-state index is -3.57. The fourth-order valence-electron chi connectivity index (χ4n) is 2.78. The number of hydrogen-bond acceptors (Lipinski definition) is 3. The summed E-state index contributed by atoms with van der Waals surface area (Å²) in [6.07, 6.45) is 5.71. The second-order valence-electron chi connectivity index (χ2n) is 6.12. The summed E-state index contributed by atoms with van der Waals surface area (Å²) in [6.45, 7) is 2.44. The summed E-state index contributed by atoms with van der Waals surface area (Å²) < 4.78 is 28.2. The number of nitrogens with one attached hydrogen (secondary N) is 1. The Morgan fingerprint density at radius 3 is 2.57 bits per heavy atom. The van der Waals surface area contributed by atoms with Crippen LogP contribution in [0.5, 0.6) is 0 Å². The third-order valence-corrected chi connectivity index (χ3v) is 6.61. The van der Waals surface area contributed by atoms with E-state index in [0.29, 0.717) is 16.6 Å². The Morgan fingerprint density at radius 2 is 1.95 bits per heavy atom. The van der Waals surface area contributed by atoms with Gasteiger partial charge in [-0.3, -0.25) is 0 Å². The molecule has 4 nitrogen and oxygen atoms in total. The standard InChI is InChI=1S/C15H22BrNO3S/c1-15(7-3-2-4-8-15)11-17-21(19,20)14-9-12(10-18)5-6-13(14)16/h5-6,9,17-18H,2-4,7-8,10-11H2,1H3. The number of sulfonamides is 1. The van der Waals surface area contributed by atoms with Crippen molar-refractivity contribution >= 4 is 26.0 Å². The van der Waals surface area contributed by atoms with E-state index < -0.39 is 10.0 Å². The lowest BCUT2D eigenvalue weighted by Crippen LogP contribution is -2.37. The summed E-state index contributed by atoms with van der Waals surface area (Å²) in [6, 6.07) is 4.86. The van der Waals surface area contributed by atoms with Gasteiger partial charge in [-0.05, 0) is 51.9 Å². The zero-order valence-electron chi connectivity index (χ0n) is 12.2. The molecule has 1 aromatic carbocycles. The summed E-state index contributed by atoms with van der Waals surface area (Å²) in [4.78, 5) is 0.188. The molecule has 21 heavy (non-hydrogen) atoms. The molecule has 0 atom stereocenters. The van der Waals surface area contributed by atoms with Crippen LogP contribution in [0, 0.1) is 5.41 Å². The number of aliphatic hydroxyl groups is 1. The third-order valence-electron chi connectivity index (χ3n) is 4.22. The fourth-order valence-corrected chi connectivity index (χ4v) is 4.99. The van der Waals surface area contributed by atoms with Crippen molar-refractivity contribution in [2.24, 2.45) is 5.41 Å². The van der Waals surface area contributed by atoms with E-state index in [-0.39, 0.29) is 16.9 Å². The van der Waals surface area contributed by atoms with Crippen LogP contribution in [-0.4, -0.2) is 20.1 Å². The van der Waals surface area contributed by atoms with Crippen molar-refractivity contribution in [3.05, 3.63) is 28.2 Å². The van der Waals surface area contributed by atoms with E-state index in [1.165, 1.54) is 25.3 Å². The first-order valence-corrected chi connectivity index (χ1v) is 9.53. The van der Waals surface area contributed by atoms with Gasteiger partial charge in [-0.1, -0.05) is 32.3 Å². The Hall–Kier alpha value is -0.430. The van der Waals surface area contributed by atoms with Gasteiger partial charge < -0.3 is 5.11 Å². The summed E-state index contributed by atoms with van der Waals surface area (Å²) in [5, 5.41) is 9.16. The summed E-state index contributed by atoms with van der Waals surface area (Å²) in [5.41, 5.74) is 0.634. The average Bonchev–Trinajstić information content (AvgIpc) is 2.47. The van der Waals surface area contributed by atoms with Crippen LogP contribution in [0.15, 0.2) is 27.6 Å². The Labute approximate surface area is 135 Å². The fraction of sp³-hybridized carbons (Fsp3) is 0.600. The van der Waals surface area contributed by atoms with Gasteiger partial charge in [-0.25, -0.2) is 13.1 Å². The first-order valence-electron chi connectivity index (χ1n) is 7.25. The van der Waals surface area contributed by atoms with Gasteiger partial charge in [0, 0.05) is 11.0 Å². The van der Waals surface area contributed by atoms with Crippen LogP contribution in [0.4, 0.5) is 0 Å². The molecular weight excluding hydrogens is 354 g/mol. The minimum absolute atomic E-state index is 0.0480. The molecular formula is C15H22BrNO3S. The highest BCUT2D eigenvalue weighted by Crippen LogP contribution is 2.35. The minimum Gasteiger partial charge on any atom is -0.392 e. The van der Waals surface area contributed by atoms with Crippen molar-refractivity contribution in [3.63, 3.8) is 0 Å². The van der Waals surface area contributed by atoms with Crippen LogP contribution in [-0.2, 0) is 16.6 Å². The molecule has 0 spiro atoms. The molecule has 6 heteroatoms. The van der Waals surface area contributed by atoms with Crippen LogP contribution >= 0.6 is 15.9 Å². The topological polar surface area (TPSA) is 66.4 Å². The van der Waals surface area contributed by atoms with Gasteiger partial charge >= 0.3 is 0 Å². The lowest BCUT2D eigenvalue weighted by Gasteiger charge is -2.33. The lowest BCUT2D eigenvalue weighted by molar-refractivity contribution is 0.219. The molecule has 1 saturated carbocycles. The molecule has 0 aliphatic heterocycles. The van der Waals surface area contributed by atoms with Gasteiger partial charge in [0.2, 0.25) is 10.0 Å². The van der Waals surface area contributed by atoms with Crippen LogP contribution < -0.4 is 4.72 Å². The van der Waals surface area contributed by atoms with Gasteiger partial charge in [0.15, 0.2) is 0 Å². The van der Waals surface area contributed by atoms with Crippen molar-refractivity contribution in [1.29, 1.82) is 0 Å². The molecule has 1 aromatic rings. The number of aliphatic hydroxyl groups excluding tert-OH is 1. The van der Waals surface area contributed by atoms with E-state index in [0.717, 1.165) is 12.8 Å². The maximum Gasteiger partial charge on any atom is 0.241 e. The van der Waals surface area contributed by atoms with Crippen molar-refractivity contribution in [2.45, 2.75) is 50.5 Å². The number of benzene rings is 1. The molecule has 0 bridgehead atoms. The first kappa shape index (κ1) is 16.9. The molecule has 0 aromatic heterocycles. The predicted molar refractivity (Wildman–Crippen MR) is 86.4 cm³/mol. The Morgan fingerprint density at radius 1 is 1.29 bits per heavy atom. The van der Waals surface area contributed by atoms with Crippen molar-refractivity contribution in [1.82, 2.24) is 4.72 Å². The van der Waals surface area contributed by atoms with Gasteiger partial charge in [0.25, 0.3) is 0 Å². The molecule has 2 rings (SSSR count). The zero-order chi connectivity index (χ0) is 15.5. The second-order valence-corrected chi connectivity index (χ2v) is 8.71. The Kier molecular flexibility index (Phi) is 5.46. The quantitative estimate of drug-likeness (QED) is 0.830. The first-order chi connectivity index (χ1) is 9.86. The molecule has 118 valence electrons. The smallest absolute Gasteiger partial charge is 0.241 e. The highest BCUT2D eigenvalue weighted by atomic mass is 79.9. The largest absolute Gasteiger partial charge is 0.392 e. The normalized spacial score (nSPS) is 18.6. The molecule has 0 radical (unpaired) electrons. The molecule has 0 heterocycles. The maximum absolute atomic E-state index is 12.5. The third kappa shape index (κ3) is 4.28. The number of rotatable bonds is 5. The molecule has 1 aliphatic rings. The molecule has 0 saturated heterocycles. The van der Waals surface area contributed by atoms with Crippen molar-refractivity contribution < 1.29 is 13.5 Å². The molecule has 2 N–H and O–H groups in total. The maximum atomic E-state index is 12.5. The summed E-state index contributed by atoms with van der Waals surface area (Å²) in [5.74, 6) is 0. The van der Waals surface area contributed by atoms with E-state index >= 15 is 0 Å². The van der Waals surface area contributed by atoms with Crippen LogP contribution in [0.3, 0.4) is 0 Å². The molecule has 0 amide bonds. The Balaban J connectivity index is 2.15. The number of halogens is 1. The molecule has 0 unspecified atom stereocenters. The van der Waals surface area contributed by atoms with E-state index in [2.05, 4.69) is 27.6 Å². The summed E-state index contributed by atoms with van der Waals surface area (Å²) >= 11 is 3.27. The van der Waals surface area contributed by atoms with Gasteiger partial charge in [0.1, 0.15) is 0 Å². The number of hydrogen-bond donors (Lipinski definition) is 2. The van der Waals surface area contributed by atoms with Gasteiger partial charge in [-0.15, -0.1) is 0 Å². The molecule has 1 aliphatic carbocycles. The monoisotopic (exact) mass is 375 g/mol. The van der Waals surface area contributed by atoms with Gasteiger partial charge in [-0.2, -0.15) is 0 Å². The lowest BCUT2D eigenvalue weighted by atomic mass is 9.76. The van der Waals surface area contributed by atoms with Crippen molar-refractivity contribution in [3.8, 4) is 0 Å². The van der Waals surface area contributed by atoms with E-state index in [1.807, 2.05) is 0 Å². The van der Waals surface area contributed by atoms with E-state index in [1.54, 1.807) is 12.1 Å². The zero-order valence-corrected chi connectivity index (χ0v) is 14.6. The second kappa shape index (κ2) is 6.77. The molecule has 1 fully saturated rings. The van der Waals surface area contributed by atoms with Crippen LogP contribution in [0.25, 0.3) is 0 Å². The SMILES string of the molecule is CC1(CNS(=O)(=O)c2cc(CO)ccc2Br)CCCCC1. The highest BCUT2D eigenvalue weighted by Gasteiger charge is 2.29. The van der Waals surface area contributed by atoms with Gasteiger partial charge in [0.05, 0.1) is 11.5 Å². The van der Waals surface area contributed by atoms with Crippen LogP contribution in [0.2, 0.25) is 0 Å². The average molecular weight is 376 g/mol. The van der Waals surface area contributed by atoms with E-state index in [4.69, 9.17) is 5.11 Å². The summed E-state index contributed by atoms with van der Waals surface area (Å²) in [7, 11) is -3.57. The van der Waals surface area contributed by atoms with Crippen LogP contribution in [0.1, 0.15) is 44.6 Å². The van der Waals surface area contributed by atoms with Crippen molar-refractivity contribution in [2.75, 3.05) is 6.54 Å². The van der Waals surface area contributed by atoms with E-state index in [9.17, 15) is 8.42 Å². The highest BCUT2D eigenvalue weighted by molar-refractivity contribution is 9.10. The Bertz CT molecular complexity index is 595.